The van der Waals surface area contributed by atoms with Crippen LogP contribution in [-0.2, 0) is 0 Å². The number of nitrogens with zero attached hydrogens (tertiary/aromatic N) is 1. The van der Waals surface area contributed by atoms with Crippen LogP contribution in [0.15, 0.2) is 18.3 Å². The lowest BCUT2D eigenvalue weighted by Crippen LogP contribution is -2.11. The Kier molecular flexibility index (Phi) is 3.48. The molecular formula is C8H12N2O3. The van der Waals surface area contributed by atoms with Gasteiger partial charge in [0, 0.05) is 12.6 Å². The van der Waals surface area contributed by atoms with Gasteiger partial charge in [0.15, 0.2) is 17.9 Å². The number of rotatable bonds is 4. The van der Waals surface area contributed by atoms with Gasteiger partial charge in [-0.3, -0.25) is 0 Å². The second-order valence-corrected chi connectivity index (χ2v) is 2.50. The highest BCUT2D eigenvalue weighted by molar-refractivity contribution is 5.44. The van der Waals surface area contributed by atoms with Crippen molar-refractivity contribution in [2.24, 2.45) is 0 Å². The molecule has 0 aliphatic heterocycles. The number of aliphatic hydroxyl groups excluding tert-OH is 1. The van der Waals surface area contributed by atoms with Gasteiger partial charge in [-0.05, 0) is 12.1 Å². The highest BCUT2D eigenvalue weighted by Gasteiger charge is 2.01. The first-order chi connectivity index (χ1) is 6.20. The number of hydrogen-bond acceptors (Lipinski definition) is 5. The summed E-state index contributed by atoms with van der Waals surface area (Å²) < 4.78 is 5.14. The maximum Gasteiger partial charge on any atom is 0.166 e. The minimum atomic E-state index is -1.35. The topological polar surface area (TPSA) is 88.6 Å². The molecule has 0 aliphatic rings. The number of nitrogen functional groups attached to an aromatic ring is 1. The summed E-state index contributed by atoms with van der Waals surface area (Å²) in [5, 5.41) is 17.1. The van der Waals surface area contributed by atoms with Gasteiger partial charge in [-0.2, -0.15) is 0 Å². The molecule has 5 nitrogen and oxygen atoms in total. The number of nitrogens with two attached hydrogens (primary N) is 1. The van der Waals surface area contributed by atoms with Gasteiger partial charge in [0.1, 0.15) is 0 Å². The molecule has 4 N–H and O–H groups in total. The molecule has 0 fully saturated rings. The van der Waals surface area contributed by atoms with Crippen LogP contribution in [0.3, 0.4) is 0 Å². The molecule has 0 saturated heterocycles. The van der Waals surface area contributed by atoms with Crippen LogP contribution in [0, 0.1) is 0 Å². The number of aliphatic hydroxyl groups is 2. The third-order valence-electron chi connectivity index (χ3n) is 1.43. The fourth-order valence-corrected chi connectivity index (χ4v) is 0.799. The summed E-state index contributed by atoms with van der Waals surface area (Å²) in [6.07, 6.45) is 0.357. The second-order valence-electron chi connectivity index (χ2n) is 2.50. The largest absolute Gasteiger partial charge is 0.490 e. The van der Waals surface area contributed by atoms with Crippen molar-refractivity contribution in [1.82, 2.24) is 4.98 Å². The van der Waals surface area contributed by atoms with E-state index in [1.54, 1.807) is 18.3 Å². The minimum Gasteiger partial charge on any atom is -0.490 e. The van der Waals surface area contributed by atoms with Gasteiger partial charge in [-0.1, -0.05) is 0 Å². The summed E-state index contributed by atoms with van der Waals surface area (Å²) in [4.78, 5) is 3.80. The maximum absolute atomic E-state index is 8.53. The minimum absolute atomic E-state index is 0.147. The van der Waals surface area contributed by atoms with Crippen molar-refractivity contribution < 1.29 is 14.9 Å². The summed E-state index contributed by atoms with van der Waals surface area (Å²) in [6.45, 7) is 0.202. The molecule has 0 unspecified atom stereocenters. The number of ether oxygens (including phenoxy) is 1. The van der Waals surface area contributed by atoms with E-state index in [2.05, 4.69) is 4.98 Å². The summed E-state index contributed by atoms with van der Waals surface area (Å²) in [7, 11) is 0. The van der Waals surface area contributed by atoms with Crippen molar-refractivity contribution in [3.05, 3.63) is 18.3 Å². The van der Waals surface area contributed by atoms with Gasteiger partial charge in [0.25, 0.3) is 0 Å². The Morgan fingerprint density at radius 3 is 2.92 bits per heavy atom. The Morgan fingerprint density at radius 2 is 2.31 bits per heavy atom. The van der Waals surface area contributed by atoms with Crippen LogP contribution in [-0.4, -0.2) is 28.1 Å². The van der Waals surface area contributed by atoms with Gasteiger partial charge in [0.2, 0.25) is 0 Å². The van der Waals surface area contributed by atoms with Gasteiger partial charge >= 0.3 is 0 Å². The summed E-state index contributed by atoms with van der Waals surface area (Å²) in [5.74, 6) is 0.762. The smallest absolute Gasteiger partial charge is 0.166 e. The Morgan fingerprint density at radius 1 is 1.54 bits per heavy atom. The molecular weight excluding hydrogens is 172 g/mol. The summed E-state index contributed by atoms with van der Waals surface area (Å²) in [6, 6.07) is 3.37. The lowest BCUT2D eigenvalue weighted by atomic mass is 10.4. The van der Waals surface area contributed by atoms with Crippen LogP contribution in [0.5, 0.6) is 5.75 Å². The van der Waals surface area contributed by atoms with Crippen LogP contribution >= 0.6 is 0 Å². The standard InChI is InChI=1S/C8H12N2O3/c9-8-6(2-1-4-10-8)13-5-3-7(11)12/h1-2,4,7,11-12H,3,5H2,(H2,9,10). The molecule has 1 heterocycles. The molecule has 13 heavy (non-hydrogen) atoms. The molecule has 72 valence electrons. The number of pyridine rings is 1. The van der Waals surface area contributed by atoms with Crippen molar-refractivity contribution in [3.63, 3.8) is 0 Å². The number of aromatic nitrogens is 1. The number of anilines is 1. The third-order valence-corrected chi connectivity index (χ3v) is 1.43. The van der Waals surface area contributed by atoms with E-state index in [1.807, 2.05) is 0 Å². The molecule has 0 atom stereocenters. The predicted octanol–water partition coefficient (Wildman–Crippen LogP) is -0.257. The van der Waals surface area contributed by atoms with Crippen molar-refractivity contribution in [1.29, 1.82) is 0 Å². The van der Waals surface area contributed by atoms with E-state index < -0.39 is 6.29 Å². The third kappa shape index (κ3) is 3.27. The first kappa shape index (κ1) is 9.76. The summed E-state index contributed by atoms with van der Waals surface area (Å²) >= 11 is 0. The highest BCUT2D eigenvalue weighted by Crippen LogP contribution is 2.16. The zero-order chi connectivity index (χ0) is 9.68. The van der Waals surface area contributed by atoms with Crippen LogP contribution in [0.2, 0.25) is 0 Å². The Labute approximate surface area is 75.8 Å². The van der Waals surface area contributed by atoms with Crippen LogP contribution in [0.1, 0.15) is 6.42 Å². The zero-order valence-corrected chi connectivity index (χ0v) is 7.05. The van der Waals surface area contributed by atoms with E-state index in [4.69, 9.17) is 20.7 Å². The average molecular weight is 184 g/mol. The van der Waals surface area contributed by atoms with E-state index in [1.165, 1.54) is 0 Å². The maximum atomic E-state index is 8.53. The normalized spacial score (nSPS) is 10.4. The van der Waals surface area contributed by atoms with E-state index in [0.29, 0.717) is 11.6 Å². The molecule has 1 rings (SSSR count). The Bertz CT molecular complexity index is 265. The molecule has 0 aromatic carbocycles. The quantitative estimate of drug-likeness (QED) is 0.561. The van der Waals surface area contributed by atoms with Crippen molar-refractivity contribution >= 4 is 5.82 Å². The van der Waals surface area contributed by atoms with Crippen LogP contribution < -0.4 is 10.5 Å². The second kappa shape index (κ2) is 4.64. The first-order valence-corrected chi connectivity index (χ1v) is 3.89. The molecule has 1 aromatic rings. The SMILES string of the molecule is Nc1ncccc1OCCC(O)O. The number of hydrogen-bond donors (Lipinski definition) is 3. The van der Waals surface area contributed by atoms with Crippen molar-refractivity contribution in [3.8, 4) is 5.75 Å². The lowest BCUT2D eigenvalue weighted by Gasteiger charge is -2.07. The average Bonchev–Trinajstić information content (AvgIpc) is 2.08. The molecule has 5 heteroatoms. The zero-order valence-electron chi connectivity index (χ0n) is 7.05. The van der Waals surface area contributed by atoms with Crippen molar-refractivity contribution in [2.75, 3.05) is 12.3 Å². The Hall–Kier alpha value is -1.33. The van der Waals surface area contributed by atoms with E-state index in [0.717, 1.165) is 0 Å². The van der Waals surface area contributed by atoms with Crippen LogP contribution in [0.4, 0.5) is 5.82 Å². The van der Waals surface area contributed by atoms with Gasteiger partial charge in [-0.25, -0.2) is 4.98 Å². The highest BCUT2D eigenvalue weighted by atomic mass is 16.5. The van der Waals surface area contributed by atoms with Gasteiger partial charge in [0.05, 0.1) is 6.61 Å². The van der Waals surface area contributed by atoms with E-state index in [-0.39, 0.29) is 13.0 Å². The van der Waals surface area contributed by atoms with Crippen LogP contribution in [0.25, 0.3) is 0 Å². The molecule has 0 saturated carbocycles. The monoisotopic (exact) mass is 184 g/mol. The van der Waals surface area contributed by atoms with Gasteiger partial charge < -0.3 is 20.7 Å². The summed E-state index contributed by atoms with van der Waals surface area (Å²) in [5.41, 5.74) is 5.48. The van der Waals surface area contributed by atoms with E-state index in [9.17, 15) is 0 Å². The predicted molar refractivity (Wildman–Crippen MR) is 47.0 cm³/mol. The fraction of sp³-hybridized carbons (Fsp3) is 0.375. The fourth-order valence-electron chi connectivity index (χ4n) is 0.799. The van der Waals surface area contributed by atoms with Gasteiger partial charge in [-0.15, -0.1) is 0 Å². The molecule has 0 amide bonds. The molecule has 0 radical (unpaired) electrons. The lowest BCUT2D eigenvalue weighted by molar-refractivity contribution is -0.0519. The molecule has 0 spiro atoms. The Balaban J connectivity index is 2.41. The van der Waals surface area contributed by atoms with Crippen molar-refractivity contribution in [2.45, 2.75) is 12.7 Å². The molecule has 0 bridgehead atoms. The first-order valence-electron chi connectivity index (χ1n) is 3.89. The molecule has 0 aliphatic carbocycles. The molecule has 1 aromatic heterocycles. The van der Waals surface area contributed by atoms with E-state index >= 15 is 0 Å².